The molecule has 0 aliphatic carbocycles. The van der Waals surface area contributed by atoms with Gasteiger partial charge in [-0.2, -0.15) is 0 Å². The Hall–Kier alpha value is -3.86. The molecule has 0 aliphatic rings. The van der Waals surface area contributed by atoms with E-state index in [1.54, 1.807) is 19.4 Å². The van der Waals surface area contributed by atoms with Gasteiger partial charge >= 0.3 is 0 Å². The minimum absolute atomic E-state index is 0.239. The van der Waals surface area contributed by atoms with Crippen LogP contribution in [0, 0.1) is 6.57 Å². The van der Waals surface area contributed by atoms with Crippen molar-refractivity contribution in [3.8, 4) is 5.75 Å². The molecule has 8 nitrogen and oxygen atoms in total. The van der Waals surface area contributed by atoms with Crippen molar-refractivity contribution in [2.75, 3.05) is 23.5 Å². The number of rotatable bonds is 6. The van der Waals surface area contributed by atoms with Gasteiger partial charge in [-0.3, -0.25) is 0 Å². The van der Waals surface area contributed by atoms with E-state index >= 15 is 0 Å². The standard InChI is InChI=1S/C18H17N7O/c1-20-17-10-24-18(11-23-17)25-16-7-15(14(19)9-22-16)21-8-12-3-5-13(26-2)6-4-12/h3-7,9-11H,8,19H2,2H3,(H2,21,22,24,25). The first kappa shape index (κ1) is 17.0. The van der Waals surface area contributed by atoms with Gasteiger partial charge in [-0.15, -0.1) is 4.98 Å². The molecule has 3 aromatic rings. The number of pyridine rings is 1. The van der Waals surface area contributed by atoms with Crippen molar-refractivity contribution in [3.05, 3.63) is 65.9 Å². The fraction of sp³-hybridized carbons (Fsp3) is 0.111. The SMILES string of the molecule is [C-]#[N+]c1cnc(Nc2cc(NCc3ccc(OC)cc3)c(N)cn2)cn1. The molecule has 0 spiro atoms. The molecule has 130 valence electrons. The highest BCUT2D eigenvalue weighted by Crippen LogP contribution is 2.23. The van der Waals surface area contributed by atoms with E-state index in [1.165, 1.54) is 12.4 Å². The maximum absolute atomic E-state index is 6.89. The van der Waals surface area contributed by atoms with Crippen molar-refractivity contribution in [1.82, 2.24) is 15.0 Å². The minimum Gasteiger partial charge on any atom is -0.497 e. The Labute approximate surface area is 150 Å². The van der Waals surface area contributed by atoms with E-state index in [0.29, 0.717) is 23.9 Å². The summed E-state index contributed by atoms with van der Waals surface area (Å²) < 4.78 is 5.15. The normalized spacial score (nSPS) is 10.0. The molecule has 0 saturated carbocycles. The molecule has 3 rings (SSSR count). The van der Waals surface area contributed by atoms with Crippen molar-refractivity contribution < 1.29 is 4.74 Å². The zero-order valence-corrected chi connectivity index (χ0v) is 14.1. The molecule has 26 heavy (non-hydrogen) atoms. The molecule has 0 unspecified atom stereocenters. The van der Waals surface area contributed by atoms with Crippen molar-refractivity contribution in [1.29, 1.82) is 0 Å². The highest BCUT2D eigenvalue weighted by molar-refractivity contribution is 5.70. The third-order valence-electron chi connectivity index (χ3n) is 3.59. The van der Waals surface area contributed by atoms with Crippen molar-refractivity contribution in [2.24, 2.45) is 0 Å². The van der Waals surface area contributed by atoms with Crippen molar-refractivity contribution >= 4 is 28.8 Å². The van der Waals surface area contributed by atoms with E-state index in [0.717, 1.165) is 17.0 Å². The lowest BCUT2D eigenvalue weighted by molar-refractivity contribution is 0.414. The quantitative estimate of drug-likeness (QED) is 0.587. The molecule has 0 bridgehead atoms. The molecule has 0 fully saturated rings. The minimum atomic E-state index is 0.239. The highest BCUT2D eigenvalue weighted by atomic mass is 16.5. The zero-order valence-electron chi connectivity index (χ0n) is 14.1. The van der Waals surface area contributed by atoms with E-state index in [2.05, 4.69) is 30.4 Å². The van der Waals surface area contributed by atoms with Crippen LogP contribution in [0.4, 0.5) is 28.8 Å². The van der Waals surface area contributed by atoms with Gasteiger partial charge in [-0.25, -0.2) is 9.97 Å². The molecule has 8 heteroatoms. The van der Waals surface area contributed by atoms with Crippen LogP contribution in [0.3, 0.4) is 0 Å². The lowest BCUT2D eigenvalue weighted by atomic mass is 10.2. The summed E-state index contributed by atoms with van der Waals surface area (Å²) in [6.45, 7) is 7.50. The summed E-state index contributed by atoms with van der Waals surface area (Å²) in [5.74, 6) is 2.12. The maximum Gasteiger partial charge on any atom is 0.288 e. The van der Waals surface area contributed by atoms with Gasteiger partial charge in [0.25, 0.3) is 5.82 Å². The molecule has 4 N–H and O–H groups in total. The molecule has 0 amide bonds. The second-order valence-electron chi connectivity index (χ2n) is 5.36. The summed E-state index contributed by atoms with van der Waals surface area (Å²) in [6, 6.07) is 9.58. The van der Waals surface area contributed by atoms with Gasteiger partial charge in [0.15, 0.2) is 12.0 Å². The number of anilines is 4. The molecule has 2 aromatic heterocycles. The van der Waals surface area contributed by atoms with E-state index in [-0.39, 0.29) is 5.82 Å². The van der Waals surface area contributed by atoms with Crippen LogP contribution >= 0.6 is 0 Å². The zero-order chi connectivity index (χ0) is 18.4. The number of nitrogens with zero attached hydrogens (tertiary/aromatic N) is 4. The predicted molar refractivity (Wildman–Crippen MR) is 101 cm³/mol. The first-order valence-corrected chi connectivity index (χ1v) is 7.77. The Morgan fingerprint density at radius 2 is 1.85 bits per heavy atom. The Balaban J connectivity index is 1.69. The van der Waals surface area contributed by atoms with E-state index in [4.69, 9.17) is 17.0 Å². The summed E-state index contributed by atoms with van der Waals surface area (Å²) in [4.78, 5) is 15.5. The first-order valence-electron chi connectivity index (χ1n) is 7.77. The Morgan fingerprint density at radius 1 is 1.08 bits per heavy atom. The second kappa shape index (κ2) is 7.81. The molecule has 0 atom stereocenters. The molecule has 0 radical (unpaired) electrons. The van der Waals surface area contributed by atoms with Crippen LogP contribution in [0.5, 0.6) is 5.75 Å². The number of benzene rings is 1. The Bertz CT molecular complexity index is 918. The number of hydrogen-bond acceptors (Lipinski definition) is 7. The summed E-state index contributed by atoms with van der Waals surface area (Å²) in [7, 11) is 1.64. The number of nitrogens with one attached hydrogen (secondary N) is 2. The first-order chi connectivity index (χ1) is 12.7. The molecule has 1 aromatic carbocycles. The van der Waals surface area contributed by atoms with Gasteiger partial charge in [-0.1, -0.05) is 18.7 Å². The lowest BCUT2D eigenvalue weighted by Gasteiger charge is -2.12. The van der Waals surface area contributed by atoms with Gasteiger partial charge < -0.3 is 25.9 Å². The predicted octanol–water partition coefficient (Wildman–Crippen LogP) is 3.37. The molecular weight excluding hydrogens is 330 g/mol. The van der Waals surface area contributed by atoms with E-state index < -0.39 is 0 Å². The maximum atomic E-state index is 6.89. The van der Waals surface area contributed by atoms with E-state index in [9.17, 15) is 0 Å². The van der Waals surface area contributed by atoms with Crippen LogP contribution in [0.25, 0.3) is 4.85 Å². The van der Waals surface area contributed by atoms with Crippen LogP contribution in [0.15, 0.2) is 48.9 Å². The average molecular weight is 347 g/mol. The van der Waals surface area contributed by atoms with E-state index in [1.807, 2.05) is 24.3 Å². The third kappa shape index (κ3) is 4.15. The van der Waals surface area contributed by atoms with Crippen molar-refractivity contribution in [3.63, 3.8) is 0 Å². The van der Waals surface area contributed by atoms with Gasteiger partial charge in [0, 0.05) is 12.6 Å². The second-order valence-corrected chi connectivity index (χ2v) is 5.36. The fourth-order valence-corrected chi connectivity index (χ4v) is 2.20. The molecule has 2 heterocycles. The Morgan fingerprint density at radius 3 is 2.50 bits per heavy atom. The Kier molecular flexibility index (Phi) is 5.10. The molecular formula is C18H17N7O. The number of nitrogen functional groups attached to an aromatic ring is 1. The topological polar surface area (TPSA) is 102 Å². The third-order valence-corrected chi connectivity index (χ3v) is 3.59. The number of hydrogen-bond donors (Lipinski definition) is 3. The summed E-state index contributed by atoms with van der Waals surface area (Å²) in [5.41, 5.74) is 8.39. The number of aromatic nitrogens is 3. The average Bonchev–Trinajstić information content (AvgIpc) is 2.69. The fourth-order valence-electron chi connectivity index (χ4n) is 2.20. The van der Waals surface area contributed by atoms with Crippen LogP contribution in [0.2, 0.25) is 0 Å². The van der Waals surface area contributed by atoms with Crippen LogP contribution in [0.1, 0.15) is 5.56 Å². The van der Waals surface area contributed by atoms with Gasteiger partial charge in [0.1, 0.15) is 11.6 Å². The highest BCUT2D eigenvalue weighted by Gasteiger charge is 2.05. The lowest BCUT2D eigenvalue weighted by Crippen LogP contribution is -2.05. The van der Waals surface area contributed by atoms with Gasteiger partial charge in [0.05, 0.1) is 30.9 Å². The number of nitrogens with two attached hydrogens (primary N) is 1. The van der Waals surface area contributed by atoms with Gasteiger partial charge in [0.2, 0.25) is 0 Å². The number of ether oxygens (including phenoxy) is 1. The smallest absolute Gasteiger partial charge is 0.288 e. The summed E-state index contributed by atoms with van der Waals surface area (Å²) in [6.07, 6.45) is 4.45. The largest absolute Gasteiger partial charge is 0.497 e. The molecule has 0 aliphatic heterocycles. The molecule has 0 saturated heterocycles. The van der Waals surface area contributed by atoms with Crippen molar-refractivity contribution in [2.45, 2.75) is 6.54 Å². The van der Waals surface area contributed by atoms with Gasteiger partial charge in [-0.05, 0) is 17.7 Å². The number of methoxy groups -OCH3 is 1. The van der Waals surface area contributed by atoms with Crippen LogP contribution in [-0.2, 0) is 6.54 Å². The van der Waals surface area contributed by atoms with Crippen LogP contribution in [-0.4, -0.2) is 22.1 Å². The van der Waals surface area contributed by atoms with Crippen LogP contribution < -0.4 is 21.1 Å². The monoisotopic (exact) mass is 347 g/mol. The summed E-state index contributed by atoms with van der Waals surface area (Å²) >= 11 is 0. The summed E-state index contributed by atoms with van der Waals surface area (Å²) in [5, 5.41) is 6.33.